The lowest BCUT2D eigenvalue weighted by Gasteiger charge is -2.27. The Morgan fingerprint density at radius 2 is 1.69 bits per heavy atom. The molecule has 2 N–H and O–H groups in total. The molecule has 1 aliphatic rings. The van der Waals surface area contributed by atoms with Gasteiger partial charge in [-0.2, -0.15) is 5.10 Å². The van der Waals surface area contributed by atoms with E-state index >= 15 is 0 Å². The molecule has 0 radical (unpaired) electrons. The van der Waals surface area contributed by atoms with Crippen molar-refractivity contribution >= 4 is 29.6 Å². The highest BCUT2D eigenvalue weighted by atomic mass is 19.1. The Balaban J connectivity index is 1.61. The minimum absolute atomic E-state index is 0.228. The molecule has 0 aromatic heterocycles. The minimum Gasteiger partial charge on any atom is -0.378 e. The van der Waals surface area contributed by atoms with Crippen LogP contribution in [0.2, 0.25) is 0 Å². The van der Waals surface area contributed by atoms with Gasteiger partial charge >= 0.3 is 11.8 Å². The fourth-order valence-electron chi connectivity index (χ4n) is 2.66. The Morgan fingerprint density at radius 3 is 2.41 bits per heavy atom. The number of rotatable bonds is 4. The third-order valence-electron chi connectivity index (χ3n) is 4.16. The van der Waals surface area contributed by atoms with Crippen LogP contribution in [0.3, 0.4) is 0 Å². The average molecular weight is 398 g/mol. The smallest absolute Gasteiger partial charge is 0.329 e. The molecule has 2 aromatic carbocycles. The number of morpholine rings is 1. The van der Waals surface area contributed by atoms with E-state index in [9.17, 15) is 18.8 Å². The van der Waals surface area contributed by atoms with Gasteiger partial charge in [0.15, 0.2) is 0 Å². The molecule has 29 heavy (non-hydrogen) atoms. The standard InChI is InChI=1S/C20H19FN4O4/c21-15-7-5-14(6-8-15)13-22-24-19(27)18(26)23-17-4-2-1-3-16(17)20(28)25-9-11-29-12-10-25/h1-8,13H,9-12H2,(H,23,26)(H,24,27)/b22-13+. The number of halogens is 1. The van der Waals surface area contributed by atoms with E-state index in [1.165, 1.54) is 30.5 Å². The van der Waals surface area contributed by atoms with Crippen LogP contribution in [-0.4, -0.2) is 55.1 Å². The molecule has 1 heterocycles. The molecule has 2 aromatic rings. The van der Waals surface area contributed by atoms with Crippen molar-refractivity contribution in [3.63, 3.8) is 0 Å². The summed E-state index contributed by atoms with van der Waals surface area (Å²) >= 11 is 0. The molecule has 0 atom stereocenters. The molecule has 0 unspecified atom stereocenters. The average Bonchev–Trinajstić information content (AvgIpc) is 2.75. The molecule has 1 aliphatic heterocycles. The number of carbonyl (C=O) groups is 3. The molecule has 1 saturated heterocycles. The van der Waals surface area contributed by atoms with E-state index in [0.29, 0.717) is 31.9 Å². The van der Waals surface area contributed by atoms with Crippen LogP contribution in [-0.2, 0) is 14.3 Å². The SMILES string of the molecule is O=C(N/N=C/c1ccc(F)cc1)C(=O)Nc1ccccc1C(=O)N1CCOCC1. The van der Waals surface area contributed by atoms with Gasteiger partial charge in [-0.25, -0.2) is 9.82 Å². The van der Waals surface area contributed by atoms with Gasteiger partial charge in [-0.15, -0.1) is 0 Å². The number of benzene rings is 2. The molecule has 150 valence electrons. The zero-order chi connectivity index (χ0) is 20.6. The van der Waals surface area contributed by atoms with Crippen LogP contribution in [0.25, 0.3) is 0 Å². The van der Waals surface area contributed by atoms with Gasteiger partial charge in [0.1, 0.15) is 5.82 Å². The van der Waals surface area contributed by atoms with Gasteiger partial charge in [0.2, 0.25) is 0 Å². The molecular formula is C20H19FN4O4. The minimum atomic E-state index is -1.00. The van der Waals surface area contributed by atoms with Crippen LogP contribution in [0.5, 0.6) is 0 Å². The maximum absolute atomic E-state index is 12.9. The number of nitrogens with zero attached hydrogens (tertiary/aromatic N) is 2. The molecule has 3 amide bonds. The highest BCUT2D eigenvalue weighted by Gasteiger charge is 2.22. The molecule has 0 saturated carbocycles. The first-order chi connectivity index (χ1) is 14.0. The number of amides is 3. The molecule has 9 heteroatoms. The van der Waals surface area contributed by atoms with Gasteiger partial charge in [-0.05, 0) is 29.8 Å². The summed E-state index contributed by atoms with van der Waals surface area (Å²) in [6, 6.07) is 11.9. The Labute approximate surface area is 166 Å². The highest BCUT2D eigenvalue weighted by molar-refractivity contribution is 6.40. The van der Waals surface area contributed by atoms with Crippen molar-refractivity contribution in [2.24, 2.45) is 5.10 Å². The Morgan fingerprint density at radius 1 is 1.00 bits per heavy atom. The third kappa shape index (κ3) is 5.45. The maximum atomic E-state index is 12.9. The van der Waals surface area contributed by atoms with Crippen LogP contribution in [0.4, 0.5) is 10.1 Å². The largest absolute Gasteiger partial charge is 0.378 e. The van der Waals surface area contributed by atoms with Gasteiger partial charge < -0.3 is 15.0 Å². The zero-order valence-electron chi connectivity index (χ0n) is 15.4. The van der Waals surface area contributed by atoms with E-state index in [1.807, 2.05) is 0 Å². The van der Waals surface area contributed by atoms with Gasteiger partial charge in [-0.3, -0.25) is 14.4 Å². The quantitative estimate of drug-likeness (QED) is 0.462. The molecule has 0 spiro atoms. The maximum Gasteiger partial charge on any atom is 0.329 e. The van der Waals surface area contributed by atoms with Crippen molar-refractivity contribution < 1.29 is 23.5 Å². The summed E-state index contributed by atoms with van der Waals surface area (Å²) in [6.45, 7) is 1.82. The van der Waals surface area contributed by atoms with Crippen molar-refractivity contribution in [1.29, 1.82) is 0 Å². The van der Waals surface area contributed by atoms with Crippen molar-refractivity contribution in [1.82, 2.24) is 10.3 Å². The predicted octanol–water partition coefficient (Wildman–Crippen LogP) is 1.39. The lowest BCUT2D eigenvalue weighted by atomic mass is 10.1. The first-order valence-corrected chi connectivity index (χ1v) is 8.90. The summed E-state index contributed by atoms with van der Waals surface area (Å²) in [5.74, 6) is -2.62. The third-order valence-corrected chi connectivity index (χ3v) is 4.16. The number of nitrogens with one attached hydrogen (secondary N) is 2. The second-order valence-corrected chi connectivity index (χ2v) is 6.15. The zero-order valence-corrected chi connectivity index (χ0v) is 15.4. The van der Waals surface area contributed by atoms with Crippen LogP contribution in [0.1, 0.15) is 15.9 Å². The second kappa shape index (κ2) is 9.56. The number of hydrogen-bond donors (Lipinski definition) is 2. The molecule has 3 rings (SSSR count). The number of para-hydroxylation sites is 1. The van der Waals surface area contributed by atoms with Gasteiger partial charge in [0.25, 0.3) is 5.91 Å². The number of ether oxygens (including phenoxy) is 1. The Hall–Kier alpha value is -3.59. The first kappa shape index (κ1) is 20.2. The molecule has 0 aliphatic carbocycles. The molecule has 1 fully saturated rings. The van der Waals surface area contributed by atoms with E-state index in [-0.39, 0.29) is 17.2 Å². The highest BCUT2D eigenvalue weighted by Crippen LogP contribution is 2.18. The summed E-state index contributed by atoms with van der Waals surface area (Å²) in [5, 5.41) is 6.10. The Kier molecular flexibility index (Phi) is 6.64. The number of hydrazone groups is 1. The Bertz CT molecular complexity index is 924. The van der Waals surface area contributed by atoms with Crippen LogP contribution >= 0.6 is 0 Å². The van der Waals surface area contributed by atoms with Crippen LogP contribution in [0.15, 0.2) is 53.6 Å². The van der Waals surface area contributed by atoms with Crippen molar-refractivity contribution in [3.05, 3.63) is 65.5 Å². The van der Waals surface area contributed by atoms with Crippen molar-refractivity contribution in [2.45, 2.75) is 0 Å². The van der Waals surface area contributed by atoms with Crippen LogP contribution in [0, 0.1) is 5.82 Å². The van der Waals surface area contributed by atoms with E-state index in [4.69, 9.17) is 4.74 Å². The fraction of sp³-hybridized carbons (Fsp3) is 0.200. The van der Waals surface area contributed by atoms with E-state index in [2.05, 4.69) is 15.8 Å². The summed E-state index contributed by atoms with van der Waals surface area (Å²) < 4.78 is 18.1. The van der Waals surface area contributed by atoms with Crippen molar-refractivity contribution in [2.75, 3.05) is 31.6 Å². The summed E-state index contributed by atoms with van der Waals surface area (Å²) in [7, 11) is 0. The van der Waals surface area contributed by atoms with E-state index < -0.39 is 17.6 Å². The molecular weight excluding hydrogens is 379 g/mol. The van der Waals surface area contributed by atoms with Gasteiger partial charge in [-0.1, -0.05) is 24.3 Å². The first-order valence-electron chi connectivity index (χ1n) is 8.90. The van der Waals surface area contributed by atoms with Crippen LogP contribution < -0.4 is 10.7 Å². The second-order valence-electron chi connectivity index (χ2n) is 6.15. The van der Waals surface area contributed by atoms with E-state index in [0.717, 1.165) is 0 Å². The monoisotopic (exact) mass is 398 g/mol. The lowest BCUT2D eigenvalue weighted by Crippen LogP contribution is -2.41. The summed E-state index contributed by atoms with van der Waals surface area (Å²) in [4.78, 5) is 38.4. The van der Waals surface area contributed by atoms with Crippen molar-refractivity contribution in [3.8, 4) is 0 Å². The topological polar surface area (TPSA) is 100 Å². The van der Waals surface area contributed by atoms with Gasteiger partial charge in [0.05, 0.1) is 30.7 Å². The molecule has 8 nitrogen and oxygen atoms in total. The number of hydrogen-bond acceptors (Lipinski definition) is 5. The molecule has 0 bridgehead atoms. The number of anilines is 1. The summed E-state index contributed by atoms with van der Waals surface area (Å²) in [5.41, 5.74) is 3.15. The van der Waals surface area contributed by atoms with Gasteiger partial charge in [0, 0.05) is 13.1 Å². The number of carbonyl (C=O) groups excluding carboxylic acids is 3. The lowest BCUT2D eigenvalue weighted by molar-refractivity contribution is -0.136. The normalized spacial score (nSPS) is 13.9. The predicted molar refractivity (Wildman–Crippen MR) is 104 cm³/mol. The van der Waals surface area contributed by atoms with E-state index in [1.54, 1.807) is 29.2 Å². The summed E-state index contributed by atoms with van der Waals surface area (Å²) in [6.07, 6.45) is 1.28. The fourth-order valence-corrected chi connectivity index (χ4v) is 2.66.